The van der Waals surface area contributed by atoms with Crippen LogP contribution in [0.2, 0.25) is 0 Å². The van der Waals surface area contributed by atoms with Gasteiger partial charge in [-0.2, -0.15) is 0 Å². The molecule has 114 valence electrons. The van der Waals surface area contributed by atoms with E-state index >= 15 is 0 Å². The van der Waals surface area contributed by atoms with Crippen molar-refractivity contribution in [1.82, 2.24) is 4.31 Å². The largest absolute Gasteiger partial charge is 0.326 e. The molecule has 0 atom stereocenters. The second-order valence-electron chi connectivity index (χ2n) is 5.34. The van der Waals surface area contributed by atoms with Crippen molar-refractivity contribution in [3.8, 4) is 0 Å². The van der Waals surface area contributed by atoms with E-state index in [0.29, 0.717) is 27.7 Å². The molecule has 0 bridgehead atoms. The number of nitrogens with two attached hydrogens (primary N) is 1. The molecule has 1 aliphatic rings. The van der Waals surface area contributed by atoms with Crippen molar-refractivity contribution in [3.63, 3.8) is 0 Å². The first kappa shape index (κ1) is 16.4. The average Bonchev–Trinajstić information content (AvgIpc) is 2.82. The maximum absolute atomic E-state index is 12.6. The Hall–Kier alpha value is 0.0500. The van der Waals surface area contributed by atoms with Crippen molar-refractivity contribution in [2.75, 3.05) is 13.6 Å². The van der Waals surface area contributed by atoms with Crippen LogP contribution >= 0.6 is 27.3 Å². The van der Waals surface area contributed by atoms with Crippen LogP contribution in [0, 0.1) is 5.92 Å². The van der Waals surface area contributed by atoms with Gasteiger partial charge in [-0.3, -0.25) is 0 Å². The quantitative estimate of drug-likeness (QED) is 0.852. The standard InChI is InChI=1S/C13H21BrN2O2S2/c1-16(9-10-5-3-2-4-6-10)20(17,18)12-7-11(8-15)19-13(12)14/h7,10H,2-6,8-9,15H2,1H3. The molecule has 0 amide bonds. The van der Waals surface area contributed by atoms with Crippen molar-refractivity contribution in [2.24, 2.45) is 11.7 Å². The molecule has 2 rings (SSSR count). The zero-order valence-electron chi connectivity index (χ0n) is 11.6. The molecule has 1 saturated carbocycles. The summed E-state index contributed by atoms with van der Waals surface area (Å²) >= 11 is 4.73. The van der Waals surface area contributed by atoms with Crippen LogP contribution in [-0.2, 0) is 16.6 Å². The Morgan fingerprint density at radius 1 is 1.40 bits per heavy atom. The number of thiophene rings is 1. The molecule has 1 aromatic rings. The van der Waals surface area contributed by atoms with Crippen molar-refractivity contribution in [3.05, 3.63) is 14.7 Å². The van der Waals surface area contributed by atoms with Gasteiger partial charge in [0, 0.05) is 25.0 Å². The number of sulfonamides is 1. The summed E-state index contributed by atoms with van der Waals surface area (Å²) in [4.78, 5) is 1.22. The predicted octanol–water partition coefficient (Wildman–Crippen LogP) is 3.17. The molecule has 0 spiro atoms. The first-order valence-electron chi connectivity index (χ1n) is 6.89. The highest BCUT2D eigenvalue weighted by atomic mass is 79.9. The van der Waals surface area contributed by atoms with Crippen molar-refractivity contribution in [2.45, 2.75) is 43.5 Å². The van der Waals surface area contributed by atoms with Crippen LogP contribution in [0.3, 0.4) is 0 Å². The summed E-state index contributed by atoms with van der Waals surface area (Å²) in [6.45, 7) is 0.980. The lowest BCUT2D eigenvalue weighted by Crippen LogP contribution is -2.32. The molecular weight excluding hydrogens is 360 g/mol. The average molecular weight is 381 g/mol. The van der Waals surface area contributed by atoms with Crippen LogP contribution < -0.4 is 5.73 Å². The van der Waals surface area contributed by atoms with Gasteiger partial charge in [0.15, 0.2) is 0 Å². The Morgan fingerprint density at radius 2 is 2.05 bits per heavy atom. The minimum atomic E-state index is -3.42. The molecule has 0 saturated heterocycles. The fourth-order valence-electron chi connectivity index (χ4n) is 2.67. The molecular formula is C13H21BrN2O2S2. The number of hydrogen-bond donors (Lipinski definition) is 1. The summed E-state index contributed by atoms with van der Waals surface area (Å²) in [5.41, 5.74) is 5.58. The van der Waals surface area contributed by atoms with E-state index in [9.17, 15) is 8.42 Å². The SMILES string of the molecule is CN(CC1CCCCC1)S(=O)(=O)c1cc(CN)sc1Br. The molecule has 0 aromatic carbocycles. The van der Waals surface area contributed by atoms with Crippen LogP contribution in [0.15, 0.2) is 14.7 Å². The van der Waals surface area contributed by atoms with E-state index < -0.39 is 10.0 Å². The first-order valence-corrected chi connectivity index (χ1v) is 9.94. The van der Waals surface area contributed by atoms with Crippen LogP contribution in [0.1, 0.15) is 37.0 Å². The van der Waals surface area contributed by atoms with Gasteiger partial charge < -0.3 is 5.73 Å². The van der Waals surface area contributed by atoms with E-state index in [4.69, 9.17) is 5.73 Å². The summed E-state index contributed by atoms with van der Waals surface area (Å²) in [6.07, 6.45) is 6.00. The Labute approximate surface area is 133 Å². The van der Waals surface area contributed by atoms with E-state index in [2.05, 4.69) is 15.9 Å². The normalized spacial score (nSPS) is 17.8. The topological polar surface area (TPSA) is 63.4 Å². The van der Waals surface area contributed by atoms with Crippen molar-refractivity contribution >= 4 is 37.3 Å². The summed E-state index contributed by atoms with van der Waals surface area (Å²) < 4.78 is 27.4. The highest BCUT2D eigenvalue weighted by molar-refractivity contribution is 9.11. The van der Waals surface area contributed by atoms with Gasteiger partial charge in [0.25, 0.3) is 0 Å². The molecule has 1 heterocycles. The van der Waals surface area contributed by atoms with Gasteiger partial charge in [-0.1, -0.05) is 19.3 Å². The molecule has 1 aromatic heterocycles. The second kappa shape index (κ2) is 6.87. The maximum Gasteiger partial charge on any atom is 0.244 e. The molecule has 1 fully saturated rings. The van der Waals surface area contributed by atoms with E-state index in [1.807, 2.05) is 0 Å². The van der Waals surface area contributed by atoms with E-state index in [-0.39, 0.29) is 0 Å². The fraction of sp³-hybridized carbons (Fsp3) is 0.692. The molecule has 0 radical (unpaired) electrons. The minimum Gasteiger partial charge on any atom is -0.326 e. The van der Waals surface area contributed by atoms with Crippen LogP contribution in [0.4, 0.5) is 0 Å². The molecule has 7 heteroatoms. The Morgan fingerprint density at radius 3 is 2.60 bits per heavy atom. The number of rotatable bonds is 5. The third-order valence-corrected chi connectivity index (χ3v) is 7.93. The molecule has 1 aliphatic carbocycles. The zero-order valence-corrected chi connectivity index (χ0v) is 14.9. The maximum atomic E-state index is 12.6. The zero-order chi connectivity index (χ0) is 14.8. The van der Waals surface area contributed by atoms with Crippen LogP contribution in [0.25, 0.3) is 0 Å². The van der Waals surface area contributed by atoms with Gasteiger partial charge in [0.2, 0.25) is 10.0 Å². The summed E-state index contributed by atoms with van der Waals surface area (Å²) in [5, 5.41) is 0. The van der Waals surface area contributed by atoms with Gasteiger partial charge in [0.05, 0.1) is 3.79 Å². The molecule has 4 nitrogen and oxygen atoms in total. The van der Waals surface area contributed by atoms with Gasteiger partial charge in [-0.25, -0.2) is 12.7 Å². The molecule has 2 N–H and O–H groups in total. The van der Waals surface area contributed by atoms with Gasteiger partial charge in [0.1, 0.15) is 4.90 Å². The van der Waals surface area contributed by atoms with E-state index in [1.165, 1.54) is 34.9 Å². The molecule has 0 unspecified atom stereocenters. The van der Waals surface area contributed by atoms with Gasteiger partial charge in [-0.15, -0.1) is 11.3 Å². The highest BCUT2D eigenvalue weighted by Crippen LogP contribution is 2.34. The molecule has 20 heavy (non-hydrogen) atoms. The smallest absolute Gasteiger partial charge is 0.244 e. The Bertz CT molecular complexity index is 551. The van der Waals surface area contributed by atoms with E-state index in [0.717, 1.165) is 17.7 Å². The third-order valence-electron chi connectivity index (χ3n) is 3.84. The van der Waals surface area contributed by atoms with Crippen molar-refractivity contribution < 1.29 is 8.42 Å². The summed E-state index contributed by atoms with van der Waals surface area (Å²) in [6, 6.07) is 1.68. The minimum absolute atomic E-state index is 0.348. The summed E-state index contributed by atoms with van der Waals surface area (Å²) in [5.74, 6) is 0.495. The number of halogens is 1. The number of hydrogen-bond acceptors (Lipinski definition) is 4. The lowest BCUT2D eigenvalue weighted by Gasteiger charge is -2.26. The molecule has 0 aliphatic heterocycles. The Balaban J connectivity index is 2.13. The van der Waals surface area contributed by atoms with Crippen LogP contribution in [0.5, 0.6) is 0 Å². The van der Waals surface area contributed by atoms with E-state index in [1.54, 1.807) is 13.1 Å². The second-order valence-corrected chi connectivity index (χ2v) is 9.81. The lowest BCUT2D eigenvalue weighted by atomic mass is 9.89. The fourth-order valence-corrected chi connectivity index (χ4v) is 6.43. The third kappa shape index (κ3) is 3.62. The first-order chi connectivity index (χ1) is 9.45. The Kier molecular flexibility index (Phi) is 5.64. The number of nitrogens with zero attached hydrogens (tertiary/aromatic N) is 1. The monoisotopic (exact) mass is 380 g/mol. The van der Waals surface area contributed by atoms with Crippen molar-refractivity contribution in [1.29, 1.82) is 0 Å². The van der Waals surface area contributed by atoms with Crippen LogP contribution in [-0.4, -0.2) is 26.3 Å². The van der Waals surface area contributed by atoms with Gasteiger partial charge >= 0.3 is 0 Å². The van der Waals surface area contributed by atoms with Gasteiger partial charge in [-0.05, 0) is 40.8 Å². The lowest BCUT2D eigenvalue weighted by molar-refractivity contribution is 0.300. The predicted molar refractivity (Wildman–Crippen MR) is 86.3 cm³/mol. The highest BCUT2D eigenvalue weighted by Gasteiger charge is 2.28. The summed E-state index contributed by atoms with van der Waals surface area (Å²) in [7, 11) is -1.74.